The van der Waals surface area contributed by atoms with Gasteiger partial charge in [-0.1, -0.05) is 30.3 Å². The standard InChI is InChI=1S/C12H9O/c1-9(13)11-7-6-10-4-2-3-5-12(10)8-11/h2-4,6-8H,1H3. The highest BCUT2D eigenvalue weighted by atomic mass is 16.1. The summed E-state index contributed by atoms with van der Waals surface area (Å²) in [6, 6.07) is 14.6. The smallest absolute Gasteiger partial charge is 0.159 e. The van der Waals surface area contributed by atoms with E-state index in [2.05, 4.69) is 6.07 Å². The van der Waals surface area contributed by atoms with Crippen molar-refractivity contribution in [2.45, 2.75) is 6.92 Å². The van der Waals surface area contributed by atoms with E-state index in [9.17, 15) is 4.79 Å². The average Bonchev–Trinajstić information content (AvgIpc) is 2.17. The Hall–Kier alpha value is -1.63. The first-order valence-electron chi connectivity index (χ1n) is 4.19. The lowest BCUT2D eigenvalue weighted by molar-refractivity contribution is 0.101. The third-order valence-corrected chi connectivity index (χ3v) is 2.07. The molecule has 0 N–H and O–H groups in total. The summed E-state index contributed by atoms with van der Waals surface area (Å²) in [6.07, 6.45) is 0. The Kier molecular flexibility index (Phi) is 1.85. The van der Waals surface area contributed by atoms with Gasteiger partial charge in [0, 0.05) is 5.56 Å². The monoisotopic (exact) mass is 169 g/mol. The Labute approximate surface area is 77.0 Å². The van der Waals surface area contributed by atoms with Crippen molar-refractivity contribution in [3.05, 3.63) is 48.0 Å². The van der Waals surface area contributed by atoms with Gasteiger partial charge in [0.15, 0.2) is 5.78 Å². The van der Waals surface area contributed by atoms with Crippen molar-refractivity contribution in [2.24, 2.45) is 0 Å². The number of rotatable bonds is 1. The van der Waals surface area contributed by atoms with Crippen molar-refractivity contribution in [2.75, 3.05) is 0 Å². The zero-order valence-corrected chi connectivity index (χ0v) is 7.37. The maximum absolute atomic E-state index is 11.1. The summed E-state index contributed by atoms with van der Waals surface area (Å²) in [5.74, 6) is 0.0964. The molecule has 0 heterocycles. The molecule has 0 fully saturated rings. The maximum atomic E-state index is 11.1. The van der Waals surface area contributed by atoms with Crippen LogP contribution in [0.2, 0.25) is 0 Å². The molecular formula is C12H9O. The molecule has 0 aromatic heterocycles. The molecule has 1 radical (unpaired) electrons. The second kappa shape index (κ2) is 3.02. The Balaban J connectivity index is 2.69. The van der Waals surface area contributed by atoms with Gasteiger partial charge in [-0.05, 0) is 29.8 Å². The summed E-state index contributed by atoms with van der Waals surface area (Å²) in [7, 11) is 0. The van der Waals surface area contributed by atoms with Gasteiger partial charge in [-0.2, -0.15) is 0 Å². The number of carbonyl (C=O) groups is 1. The quantitative estimate of drug-likeness (QED) is 0.600. The molecule has 1 heteroatoms. The van der Waals surface area contributed by atoms with Gasteiger partial charge in [0.25, 0.3) is 0 Å². The van der Waals surface area contributed by atoms with E-state index < -0.39 is 0 Å². The molecule has 1 nitrogen and oxygen atoms in total. The molecule has 0 aliphatic rings. The summed E-state index contributed by atoms with van der Waals surface area (Å²) in [5, 5.41) is 2.11. The summed E-state index contributed by atoms with van der Waals surface area (Å²) in [4.78, 5) is 11.1. The lowest BCUT2D eigenvalue weighted by Gasteiger charge is -1.98. The third-order valence-electron chi connectivity index (χ3n) is 2.07. The second-order valence-corrected chi connectivity index (χ2v) is 3.03. The van der Waals surface area contributed by atoms with Crippen LogP contribution in [-0.4, -0.2) is 5.78 Å². The van der Waals surface area contributed by atoms with Crippen molar-refractivity contribution in [1.29, 1.82) is 0 Å². The molecule has 0 amide bonds. The van der Waals surface area contributed by atoms with E-state index in [0.29, 0.717) is 0 Å². The lowest BCUT2D eigenvalue weighted by atomic mass is 10.1. The molecule has 0 atom stereocenters. The van der Waals surface area contributed by atoms with Gasteiger partial charge in [0.2, 0.25) is 0 Å². The summed E-state index contributed by atoms with van der Waals surface area (Å²) in [5.41, 5.74) is 0.745. The van der Waals surface area contributed by atoms with Crippen LogP contribution in [0, 0.1) is 6.07 Å². The van der Waals surface area contributed by atoms with Crippen LogP contribution in [0.3, 0.4) is 0 Å². The fraction of sp³-hybridized carbons (Fsp3) is 0.0833. The molecule has 0 saturated heterocycles. The topological polar surface area (TPSA) is 17.1 Å². The summed E-state index contributed by atoms with van der Waals surface area (Å²) in [6.45, 7) is 1.57. The van der Waals surface area contributed by atoms with E-state index in [0.717, 1.165) is 16.3 Å². The minimum Gasteiger partial charge on any atom is -0.295 e. The number of hydrogen-bond acceptors (Lipinski definition) is 1. The number of fused-ring (bicyclic) bond motifs is 1. The van der Waals surface area contributed by atoms with Gasteiger partial charge in [0.1, 0.15) is 0 Å². The van der Waals surface area contributed by atoms with E-state index in [4.69, 9.17) is 0 Å². The number of Topliss-reactive ketones (excluding diaryl/α,β-unsaturated/α-hetero) is 1. The first kappa shape index (κ1) is 7.99. The van der Waals surface area contributed by atoms with Crippen LogP contribution in [0.15, 0.2) is 36.4 Å². The minimum absolute atomic E-state index is 0.0964. The number of carbonyl (C=O) groups excluding carboxylic acids is 1. The molecule has 2 aromatic rings. The predicted molar refractivity (Wildman–Crippen MR) is 52.8 cm³/mol. The minimum atomic E-state index is 0.0964. The second-order valence-electron chi connectivity index (χ2n) is 3.03. The van der Waals surface area contributed by atoms with E-state index >= 15 is 0 Å². The highest BCUT2D eigenvalue weighted by molar-refractivity contribution is 5.98. The van der Waals surface area contributed by atoms with Gasteiger partial charge in [0.05, 0.1) is 0 Å². The van der Waals surface area contributed by atoms with Crippen molar-refractivity contribution in [1.82, 2.24) is 0 Å². The van der Waals surface area contributed by atoms with Crippen LogP contribution in [0.25, 0.3) is 10.8 Å². The molecule has 13 heavy (non-hydrogen) atoms. The predicted octanol–water partition coefficient (Wildman–Crippen LogP) is 2.84. The molecule has 0 spiro atoms. The van der Waals surface area contributed by atoms with Gasteiger partial charge < -0.3 is 0 Å². The van der Waals surface area contributed by atoms with E-state index in [1.165, 1.54) is 0 Å². The van der Waals surface area contributed by atoms with Crippen LogP contribution >= 0.6 is 0 Å². The van der Waals surface area contributed by atoms with Gasteiger partial charge in [-0.15, -0.1) is 0 Å². The zero-order chi connectivity index (χ0) is 9.26. The van der Waals surface area contributed by atoms with Crippen LogP contribution < -0.4 is 0 Å². The normalized spacial score (nSPS) is 10.2. The first-order valence-corrected chi connectivity index (χ1v) is 4.19. The van der Waals surface area contributed by atoms with Crippen molar-refractivity contribution >= 4 is 16.6 Å². The highest BCUT2D eigenvalue weighted by Gasteiger charge is 1.99. The van der Waals surface area contributed by atoms with Crippen LogP contribution in [0.4, 0.5) is 0 Å². The fourth-order valence-electron chi connectivity index (χ4n) is 1.34. The Morgan fingerprint density at radius 2 is 2.15 bits per heavy atom. The molecule has 0 unspecified atom stereocenters. The van der Waals surface area contributed by atoms with Crippen molar-refractivity contribution in [3.8, 4) is 0 Å². The first-order chi connectivity index (χ1) is 6.27. The van der Waals surface area contributed by atoms with Crippen molar-refractivity contribution < 1.29 is 4.79 Å². The van der Waals surface area contributed by atoms with Gasteiger partial charge in [-0.3, -0.25) is 4.79 Å². The molecule has 2 aromatic carbocycles. The number of ketones is 1. The van der Waals surface area contributed by atoms with Crippen LogP contribution in [0.1, 0.15) is 17.3 Å². The Bertz CT molecular complexity index is 457. The Morgan fingerprint density at radius 3 is 2.92 bits per heavy atom. The van der Waals surface area contributed by atoms with E-state index in [-0.39, 0.29) is 5.78 Å². The molecule has 2 rings (SSSR count). The average molecular weight is 169 g/mol. The fourth-order valence-corrected chi connectivity index (χ4v) is 1.34. The van der Waals surface area contributed by atoms with Crippen LogP contribution in [-0.2, 0) is 0 Å². The largest absolute Gasteiger partial charge is 0.295 e. The van der Waals surface area contributed by atoms with E-state index in [1.54, 1.807) is 6.92 Å². The van der Waals surface area contributed by atoms with E-state index in [1.807, 2.05) is 36.4 Å². The number of benzene rings is 2. The molecular weight excluding hydrogens is 160 g/mol. The lowest BCUT2D eigenvalue weighted by Crippen LogP contribution is -1.90. The molecule has 0 bridgehead atoms. The summed E-state index contributed by atoms with van der Waals surface area (Å²) >= 11 is 0. The molecule has 0 saturated carbocycles. The van der Waals surface area contributed by atoms with Gasteiger partial charge in [-0.25, -0.2) is 0 Å². The highest BCUT2D eigenvalue weighted by Crippen LogP contribution is 2.15. The number of hydrogen-bond donors (Lipinski definition) is 0. The summed E-state index contributed by atoms with van der Waals surface area (Å²) < 4.78 is 0. The third kappa shape index (κ3) is 1.45. The molecule has 63 valence electrons. The zero-order valence-electron chi connectivity index (χ0n) is 7.37. The molecule has 0 aliphatic carbocycles. The van der Waals surface area contributed by atoms with Crippen LogP contribution in [0.5, 0.6) is 0 Å². The van der Waals surface area contributed by atoms with Gasteiger partial charge >= 0.3 is 0 Å². The van der Waals surface area contributed by atoms with Crippen molar-refractivity contribution in [3.63, 3.8) is 0 Å². The SMILES string of the molecule is CC(=O)c1ccc2ccc[c]c2c1. The molecule has 0 aliphatic heterocycles. The maximum Gasteiger partial charge on any atom is 0.159 e. The Morgan fingerprint density at radius 1 is 1.31 bits per heavy atom.